The number of aryl methyl sites for hydroxylation is 1. The molecular formula is C18H24N2O3S. The Balaban J connectivity index is 1.45. The fourth-order valence-electron chi connectivity index (χ4n) is 4.77. The normalized spacial score (nSPS) is 30.0. The molecule has 3 atom stereocenters. The van der Waals surface area contributed by atoms with Crippen LogP contribution in [0.1, 0.15) is 64.8 Å². The number of likely N-dealkylation sites (tertiary alicyclic amines) is 1. The molecule has 1 saturated heterocycles. The van der Waals surface area contributed by atoms with Crippen molar-refractivity contribution in [3.63, 3.8) is 0 Å². The number of thiazole rings is 1. The minimum Gasteiger partial charge on any atom is -0.481 e. The van der Waals surface area contributed by atoms with Crippen molar-refractivity contribution < 1.29 is 14.7 Å². The summed E-state index contributed by atoms with van der Waals surface area (Å²) in [6.07, 6.45) is 6.38. The van der Waals surface area contributed by atoms with Crippen LogP contribution in [-0.4, -0.2) is 40.0 Å². The topological polar surface area (TPSA) is 70.5 Å². The second-order valence-corrected chi connectivity index (χ2v) is 8.72. The summed E-state index contributed by atoms with van der Waals surface area (Å²) in [6.45, 7) is 3.37. The third-order valence-electron chi connectivity index (χ3n) is 6.10. The molecule has 0 radical (unpaired) electrons. The fraction of sp³-hybridized carbons (Fsp3) is 0.722. The standard InChI is InChI=1S/C18H24N2O3S/c1-10-15(24-16(19-10)11-4-2-3-5-11)17(21)20-8-13-6-12(18(22)23)7-14(13)9-20/h11-14H,2-9H2,1H3,(H,22,23)/t12?,13-,14+. The Morgan fingerprint density at radius 1 is 1.17 bits per heavy atom. The van der Waals surface area contributed by atoms with E-state index < -0.39 is 5.97 Å². The van der Waals surface area contributed by atoms with Crippen molar-refractivity contribution in [3.8, 4) is 0 Å². The van der Waals surface area contributed by atoms with Gasteiger partial charge >= 0.3 is 5.97 Å². The van der Waals surface area contributed by atoms with Crippen LogP contribution in [0, 0.1) is 24.7 Å². The zero-order valence-electron chi connectivity index (χ0n) is 14.0. The van der Waals surface area contributed by atoms with E-state index in [1.165, 1.54) is 25.7 Å². The van der Waals surface area contributed by atoms with Crippen LogP contribution in [0.5, 0.6) is 0 Å². The largest absolute Gasteiger partial charge is 0.481 e. The lowest BCUT2D eigenvalue weighted by Gasteiger charge is -2.17. The lowest BCUT2D eigenvalue weighted by atomic mass is 10.0. The lowest BCUT2D eigenvalue weighted by molar-refractivity contribution is -0.141. The number of amides is 1. The molecule has 1 aliphatic heterocycles. The minimum absolute atomic E-state index is 0.107. The van der Waals surface area contributed by atoms with Crippen molar-refractivity contribution in [2.45, 2.75) is 51.4 Å². The van der Waals surface area contributed by atoms with Crippen LogP contribution < -0.4 is 0 Å². The lowest BCUT2D eigenvalue weighted by Crippen LogP contribution is -2.30. The van der Waals surface area contributed by atoms with E-state index in [4.69, 9.17) is 0 Å². The van der Waals surface area contributed by atoms with Gasteiger partial charge in [-0.15, -0.1) is 11.3 Å². The molecule has 2 saturated carbocycles. The molecule has 0 bridgehead atoms. The summed E-state index contributed by atoms with van der Waals surface area (Å²) in [6, 6.07) is 0. The summed E-state index contributed by atoms with van der Waals surface area (Å²) >= 11 is 1.59. The van der Waals surface area contributed by atoms with Gasteiger partial charge in [-0.2, -0.15) is 0 Å². The first-order valence-electron chi connectivity index (χ1n) is 9.02. The first-order valence-corrected chi connectivity index (χ1v) is 9.84. The molecule has 1 N–H and O–H groups in total. The number of hydrogen-bond acceptors (Lipinski definition) is 4. The van der Waals surface area contributed by atoms with Crippen molar-refractivity contribution in [3.05, 3.63) is 15.6 Å². The average Bonchev–Trinajstić information content (AvgIpc) is 3.28. The predicted molar refractivity (Wildman–Crippen MR) is 91.3 cm³/mol. The van der Waals surface area contributed by atoms with Crippen molar-refractivity contribution in [1.82, 2.24) is 9.88 Å². The molecular weight excluding hydrogens is 324 g/mol. The van der Waals surface area contributed by atoms with E-state index in [9.17, 15) is 14.7 Å². The molecule has 2 aliphatic carbocycles. The van der Waals surface area contributed by atoms with E-state index in [-0.39, 0.29) is 11.8 Å². The minimum atomic E-state index is -0.679. The van der Waals surface area contributed by atoms with Crippen molar-refractivity contribution in [2.75, 3.05) is 13.1 Å². The molecule has 0 aromatic carbocycles. The second kappa shape index (κ2) is 6.14. The number of carboxylic acids is 1. The number of hydrogen-bond donors (Lipinski definition) is 1. The second-order valence-electron chi connectivity index (χ2n) is 7.68. The summed E-state index contributed by atoms with van der Waals surface area (Å²) in [5.74, 6) is 0.480. The predicted octanol–water partition coefficient (Wildman–Crippen LogP) is 3.29. The van der Waals surface area contributed by atoms with Crippen LogP contribution in [0.2, 0.25) is 0 Å². The van der Waals surface area contributed by atoms with Gasteiger partial charge in [-0.25, -0.2) is 4.98 Å². The van der Waals surface area contributed by atoms with Crippen LogP contribution >= 0.6 is 11.3 Å². The Morgan fingerprint density at radius 2 is 1.79 bits per heavy atom. The number of aromatic nitrogens is 1. The summed E-state index contributed by atoms with van der Waals surface area (Å²) in [5.41, 5.74) is 0.868. The Bertz CT molecular complexity index is 651. The Labute approximate surface area is 146 Å². The van der Waals surface area contributed by atoms with Gasteiger partial charge in [0.2, 0.25) is 0 Å². The van der Waals surface area contributed by atoms with Gasteiger partial charge < -0.3 is 10.0 Å². The van der Waals surface area contributed by atoms with Crippen LogP contribution in [0.25, 0.3) is 0 Å². The highest BCUT2D eigenvalue weighted by Gasteiger charge is 2.45. The van der Waals surface area contributed by atoms with E-state index in [0.29, 0.717) is 30.8 Å². The molecule has 130 valence electrons. The SMILES string of the molecule is Cc1nc(C2CCCC2)sc1C(=O)N1C[C@H]2CC(C(=O)O)C[C@H]2C1. The molecule has 2 heterocycles. The van der Waals surface area contributed by atoms with Crippen molar-refractivity contribution in [1.29, 1.82) is 0 Å². The molecule has 24 heavy (non-hydrogen) atoms. The van der Waals surface area contributed by atoms with Gasteiger partial charge in [0.25, 0.3) is 5.91 Å². The zero-order chi connectivity index (χ0) is 16.8. The molecule has 6 heteroatoms. The number of fused-ring (bicyclic) bond motifs is 1. The van der Waals surface area contributed by atoms with Gasteiger partial charge in [-0.3, -0.25) is 9.59 Å². The van der Waals surface area contributed by atoms with Gasteiger partial charge in [0, 0.05) is 19.0 Å². The van der Waals surface area contributed by atoms with Crippen LogP contribution in [0.4, 0.5) is 0 Å². The molecule has 1 aromatic heterocycles. The monoisotopic (exact) mass is 348 g/mol. The summed E-state index contributed by atoms with van der Waals surface area (Å²) in [5, 5.41) is 10.3. The molecule has 1 amide bonds. The van der Waals surface area contributed by atoms with Gasteiger partial charge in [-0.1, -0.05) is 12.8 Å². The highest BCUT2D eigenvalue weighted by Crippen LogP contribution is 2.43. The highest BCUT2D eigenvalue weighted by atomic mass is 32.1. The first-order chi connectivity index (χ1) is 11.5. The summed E-state index contributed by atoms with van der Waals surface area (Å²) in [4.78, 5) is 31.5. The highest BCUT2D eigenvalue weighted by molar-refractivity contribution is 7.13. The van der Waals surface area contributed by atoms with Crippen LogP contribution in [0.15, 0.2) is 0 Å². The first kappa shape index (κ1) is 16.1. The Hall–Kier alpha value is -1.43. The third kappa shape index (κ3) is 2.75. The van der Waals surface area contributed by atoms with Crippen molar-refractivity contribution in [2.24, 2.45) is 17.8 Å². The smallest absolute Gasteiger partial charge is 0.306 e. The maximum atomic E-state index is 12.9. The Morgan fingerprint density at radius 3 is 2.38 bits per heavy atom. The number of carboxylic acid groups (broad SMARTS) is 1. The number of nitrogens with zero attached hydrogens (tertiary/aromatic N) is 2. The molecule has 1 unspecified atom stereocenters. The van der Waals surface area contributed by atoms with E-state index in [1.54, 1.807) is 11.3 Å². The number of carbonyl (C=O) groups is 2. The third-order valence-corrected chi connectivity index (χ3v) is 7.41. The number of carbonyl (C=O) groups excluding carboxylic acids is 1. The molecule has 1 aromatic rings. The van der Waals surface area contributed by atoms with Crippen LogP contribution in [0.3, 0.4) is 0 Å². The van der Waals surface area contributed by atoms with E-state index in [0.717, 1.165) is 28.4 Å². The quantitative estimate of drug-likeness (QED) is 0.910. The molecule has 5 nitrogen and oxygen atoms in total. The van der Waals surface area contributed by atoms with E-state index in [1.807, 2.05) is 11.8 Å². The van der Waals surface area contributed by atoms with E-state index in [2.05, 4.69) is 4.98 Å². The number of rotatable bonds is 3. The van der Waals surface area contributed by atoms with Gasteiger partial charge in [-0.05, 0) is 44.4 Å². The fourth-order valence-corrected chi connectivity index (χ4v) is 5.98. The maximum Gasteiger partial charge on any atom is 0.306 e. The molecule has 3 aliphatic rings. The molecule has 3 fully saturated rings. The van der Waals surface area contributed by atoms with Gasteiger partial charge in [0.1, 0.15) is 4.88 Å². The maximum absolute atomic E-state index is 12.9. The van der Waals surface area contributed by atoms with Gasteiger partial charge in [0.05, 0.1) is 16.6 Å². The van der Waals surface area contributed by atoms with Crippen molar-refractivity contribution >= 4 is 23.2 Å². The average molecular weight is 348 g/mol. The Kier molecular flexibility index (Phi) is 4.11. The number of aliphatic carboxylic acids is 1. The molecule has 0 spiro atoms. The van der Waals surface area contributed by atoms with Crippen LogP contribution in [-0.2, 0) is 4.79 Å². The zero-order valence-corrected chi connectivity index (χ0v) is 14.8. The van der Waals surface area contributed by atoms with E-state index >= 15 is 0 Å². The molecule has 4 rings (SSSR count). The van der Waals surface area contributed by atoms with Gasteiger partial charge in [0.15, 0.2) is 0 Å². The summed E-state index contributed by atoms with van der Waals surface area (Å²) < 4.78 is 0. The summed E-state index contributed by atoms with van der Waals surface area (Å²) in [7, 11) is 0.